The number of aromatic nitrogens is 1. The van der Waals surface area contributed by atoms with Crippen LogP contribution >= 0.6 is 12.2 Å². The SMILES string of the molecule is CC(C)(C)C(=O)NC(=S)Nc1ccc2oc(-c3ccc(-c4ccccc4)cc3)nc2c1. The molecule has 0 fully saturated rings. The van der Waals surface area contributed by atoms with Crippen LogP contribution in [-0.4, -0.2) is 16.0 Å². The second-order valence-corrected chi connectivity index (χ2v) is 8.71. The predicted octanol–water partition coefficient (Wildman–Crippen LogP) is 6.02. The standard InChI is InChI=1S/C25H23N3O2S/c1-25(2,3)23(29)28-24(31)26-19-13-14-21-20(15-19)27-22(30-21)18-11-9-17(10-12-18)16-7-5-4-6-8-16/h4-15H,1-3H3,(H2,26,28,29,31). The average molecular weight is 430 g/mol. The zero-order valence-electron chi connectivity index (χ0n) is 17.6. The van der Waals surface area contributed by atoms with Crippen molar-refractivity contribution in [3.8, 4) is 22.6 Å². The number of nitrogens with zero attached hydrogens (tertiary/aromatic N) is 1. The molecule has 5 nitrogen and oxygen atoms in total. The molecule has 1 aromatic heterocycles. The van der Waals surface area contributed by atoms with Gasteiger partial charge >= 0.3 is 0 Å². The Labute approximate surface area is 186 Å². The van der Waals surface area contributed by atoms with Crippen LogP contribution < -0.4 is 10.6 Å². The Morgan fingerprint density at radius 2 is 1.55 bits per heavy atom. The number of anilines is 1. The third kappa shape index (κ3) is 4.81. The van der Waals surface area contributed by atoms with E-state index in [-0.39, 0.29) is 11.0 Å². The molecule has 31 heavy (non-hydrogen) atoms. The first-order valence-electron chi connectivity index (χ1n) is 9.98. The molecule has 3 aromatic carbocycles. The summed E-state index contributed by atoms with van der Waals surface area (Å²) in [6.45, 7) is 5.50. The number of carbonyl (C=O) groups is 1. The largest absolute Gasteiger partial charge is 0.436 e. The molecule has 0 radical (unpaired) electrons. The van der Waals surface area contributed by atoms with Gasteiger partial charge < -0.3 is 15.1 Å². The van der Waals surface area contributed by atoms with Crippen LogP contribution in [0.3, 0.4) is 0 Å². The summed E-state index contributed by atoms with van der Waals surface area (Å²) < 4.78 is 5.93. The molecule has 0 aliphatic heterocycles. The molecule has 6 heteroatoms. The van der Waals surface area contributed by atoms with Crippen molar-refractivity contribution in [1.82, 2.24) is 10.3 Å². The monoisotopic (exact) mass is 429 g/mol. The lowest BCUT2D eigenvalue weighted by Crippen LogP contribution is -2.41. The number of rotatable bonds is 3. The fourth-order valence-electron chi connectivity index (χ4n) is 3.02. The highest BCUT2D eigenvalue weighted by Gasteiger charge is 2.22. The Morgan fingerprint density at radius 3 is 2.23 bits per heavy atom. The molecule has 0 aliphatic rings. The summed E-state index contributed by atoms with van der Waals surface area (Å²) >= 11 is 5.25. The third-order valence-electron chi connectivity index (χ3n) is 4.79. The van der Waals surface area contributed by atoms with Crippen LogP contribution in [0.2, 0.25) is 0 Å². The Kier molecular flexibility index (Phi) is 5.57. The Bertz CT molecular complexity index is 1240. The topological polar surface area (TPSA) is 67.2 Å². The van der Waals surface area contributed by atoms with Gasteiger partial charge in [0, 0.05) is 16.7 Å². The van der Waals surface area contributed by atoms with E-state index in [4.69, 9.17) is 16.6 Å². The summed E-state index contributed by atoms with van der Waals surface area (Å²) in [6.07, 6.45) is 0. The number of hydrogen-bond donors (Lipinski definition) is 2. The van der Waals surface area contributed by atoms with Crippen molar-refractivity contribution >= 4 is 40.0 Å². The second-order valence-electron chi connectivity index (χ2n) is 8.30. The quantitative estimate of drug-likeness (QED) is 0.390. The predicted molar refractivity (Wildman–Crippen MR) is 129 cm³/mol. The molecule has 0 unspecified atom stereocenters. The molecule has 0 saturated carbocycles. The first-order valence-corrected chi connectivity index (χ1v) is 10.4. The number of hydrogen-bond acceptors (Lipinski definition) is 4. The lowest BCUT2D eigenvalue weighted by molar-refractivity contribution is -0.126. The summed E-state index contributed by atoms with van der Waals surface area (Å²) in [5, 5.41) is 5.98. The fraction of sp³-hybridized carbons (Fsp3) is 0.160. The number of fused-ring (bicyclic) bond motifs is 1. The molecule has 0 bridgehead atoms. The smallest absolute Gasteiger partial charge is 0.231 e. The molecule has 1 heterocycles. The van der Waals surface area contributed by atoms with Gasteiger partial charge in [0.2, 0.25) is 11.8 Å². The first kappa shape index (κ1) is 20.8. The van der Waals surface area contributed by atoms with Crippen LogP contribution in [0.4, 0.5) is 5.69 Å². The van der Waals surface area contributed by atoms with Crippen molar-refractivity contribution in [2.24, 2.45) is 5.41 Å². The van der Waals surface area contributed by atoms with E-state index < -0.39 is 5.41 Å². The molecule has 0 aliphatic carbocycles. The highest BCUT2D eigenvalue weighted by molar-refractivity contribution is 7.80. The molecule has 1 amide bonds. The van der Waals surface area contributed by atoms with E-state index in [1.165, 1.54) is 0 Å². The van der Waals surface area contributed by atoms with Crippen LogP contribution in [0.25, 0.3) is 33.7 Å². The normalized spacial score (nSPS) is 11.3. The van der Waals surface area contributed by atoms with Crippen molar-refractivity contribution in [3.63, 3.8) is 0 Å². The van der Waals surface area contributed by atoms with Gasteiger partial charge in [-0.3, -0.25) is 4.79 Å². The van der Waals surface area contributed by atoms with E-state index in [0.29, 0.717) is 17.0 Å². The van der Waals surface area contributed by atoms with Crippen LogP contribution in [0, 0.1) is 5.41 Å². The summed E-state index contributed by atoms with van der Waals surface area (Å²) in [5.74, 6) is 0.407. The average Bonchev–Trinajstić information content (AvgIpc) is 3.17. The van der Waals surface area contributed by atoms with Crippen LogP contribution in [0.5, 0.6) is 0 Å². The number of carbonyl (C=O) groups excluding carboxylic acids is 1. The fourth-order valence-corrected chi connectivity index (χ4v) is 3.23. The second kappa shape index (κ2) is 8.32. The van der Waals surface area contributed by atoms with Crippen molar-refractivity contribution in [1.29, 1.82) is 0 Å². The summed E-state index contributed by atoms with van der Waals surface area (Å²) in [7, 11) is 0. The molecule has 156 valence electrons. The van der Waals surface area contributed by atoms with Gasteiger partial charge in [0.1, 0.15) is 5.52 Å². The minimum Gasteiger partial charge on any atom is -0.436 e. The van der Waals surface area contributed by atoms with E-state index in [2.05, 4.69) is 39.9 Å². The Balaban J connectivity index is 1.51. The number of nitrogens with one attached hydrogen (secondary N) is 2. The van der Waals surface area contributed by atoms with Crippen molar-refractivity contribution in [2.45, 2.75) is 20.8 Å². The molecule has 4 rings (SSSR count). The van der Waals surface area contributed by atoms with E-state index in [1.807, 2.05) is 69.3 Å². The lowest BCUT2D eigenvalue weighted by Gasteiger charge is -2.18. The number of thiocarbonyl (C=S) groups is 1. The summed E-state index contributed by atoms with van der Waals surface area (Å²) in [4.78, 5) is 16.7. The maximum atomic E-state index is 12.1. The number of amides is 1. The van der Waals surface area contributed by atoms with Gasteiger partial charge in [0.25, 0.3) is 0 Å². The molecular formula is C25H23N3O2S. The molecule has 0 spiro atoms. The Hall–Kier alpha value is -3.51. The molecule has 0 saturated heterocycles. The maximum absolute atomic E-state index is 12.1. The van der Waals surface area contributed by atoms with Gasteiger partial charge in [0.15, 0.2) is 10.7 Å². The van der Waals surface area contributed by atoms with E-state index in [9.17, 15) is 4.79 Å². The molecule has 0 atom stereocenters. The highest BCUT2D eigenvalue weighted by atomic mass is 32.1. The van der Waals surface area contributed by atoms with Crippen molar-refractivity contribution in [2.75, 3.05) is 5.32 Å². The van der Waals surface area contributed by atoms with E-state index in [1.54, 1.807) is 0 Å². The molecular weight excluding hydrogens is 406 g/mol. The zero-order valence-corrected chi connectivity index (χ0v) is 18.4. The van der Waals surface area contributed by atoms with Gasteiger partial charge in [-0.05, 0) is 53.7 Å². The summed E-state index contributed by atoms with van der Waals surface area (Å²) in [6, 6.07) is 23.9. The number of benzene rings is 3. The van der Waals surface area contributed by atoms with Crippen LogP contribution in [-0.2, 0) is 4.79 Å². The van der Waals surface area contributed by atoms with Gasteiger partial charge in [-0.25, -0.2) is 4.98 Å². The highest BCUT2D eigenvalue weighted by Crippen LogP contribution is 2.28. The number of oxazole rings is 1. The zero-order chi connectivity index (χ0) is 22.0. The first-order chi connectivity index (χ1) is 14.8. The van der Waals surface area contributed by atoms with Gasteiger partial charge in [-0.1, -0.05) is 63.2 Å². The van der Waals surface area contributed by atoms with Gasteiger partial charge in [-0.15, -0.1) is 0 Å². The van der Waals surface area contributed by atoms with Gasteiger partial charge in [0.05, 0.1) is 0 Å². The van der Waals surface area contributed by atoms with E-state index >= 15 is 0 Å². The third-order valence-corrected chi connectivity index (χ3v) is 5.00. The maximum Gasteiger partial charge on any atom is 0.231 e. The van der Waals surface area contributed by atoms with E-state index in [0.717, 1.165) is 22.4 Å². The molecule has 2 N–H and O–H groups in total. The van der Waals surface area contributed by atoms with Crippen molar-refractivity contribution in [3.05, 3.63) is 72.8 Å². The lowest BCUT2D eigenvalue weighted by atomic mass is 9.96. The van der Waals surface area contributed by atoms with Gasteiger partial charge in [-0.2, -0.15) is 0 Å². The summed E-state index contributed by atoms with van der Waals surface area (Å²) in [5.41, 5.74) is 4.79. The minimum atomic E-state index is -0.521. The van der Waals surface area contributed by atoms with Crippen LogP contribution in [0.1, 0.15) is 20.8 Å². The minimum absolute atomic E-state index is 0.145. The van der Waals surface area contributed by atoms with Crippen LogP contribution in [0.15, 0.2) is 77.2 Å². The molecule has 4 aromatic rings. The van der Waals surface area contributed by atoms with Crippen molar-refractivity contribution < 1.29 is 9.21 Å². The Morgan fingerprint density at radius 1 is 0.903 bits per heavy atom.